The summed E-state index contributed by atoms with van der Waals surface area (Å²) >= 11 is 0. The zero-order valence-electron chi connectivity index (χ0n) is 11.3. The van der Waals surface area contributed by atoms with Gasteiger partial charge in [0.1, 0.15) is 12.2 Å². The lowest BCUT2D eigenvalue weighted by molar-refractivity contribution is 0.367. The van der Waals surface area contributed by atoms with Gasteiger partial charge >= 0.3 is 5.76 Å². The van der Waals surface area contributed by atoms with Crippen molar-refractivity contribution in [1.82, 2.24) is 19.7 Å². The van der Waals surface area contributed by atoms with Gasteiger partial charge in [-0.1, -0.05) is 23.4 Å². The molecule has 7 nitrogen and oxygen atoms in total. The second kappa shape index (κ2) is 4.96. The van der Waals surface area contributed by atoms with Gasteiger partial charge in [-0.2, -0.15) is 4.98 Å². The number of benzene rings is 1. The van der Waals surface area contributed by atoms with Crippen molar-refractivity contribution in [3.63, 3.8) is 0 Å². The average Bonchev–Trinajstić information content (AvgIpc) is 3.14. The van der Waals surface area contributed by atoms with Crippen molar-refractivity contribution in [3.8, 4) is 11.5 Å². The van der Waals surface area contributed by atoms with E-state index < -0.39 is 5.76 Å². The van der Waals surface area contributed by atoms with E-state index in [1.807, 2.05) is 24.3 Å². The van der Waals surface area contributed by atoms with Crippen LogP contribution in [-0.2, 0) is 6.54 Å². The molecule has 22 heavy (non-hydrogen) atoms. The molecule has 0 saturated carbocycles. The van der Waals surface area contributed by atoms with Crippen LogP contribution in [0.1, 0.15) is 5.89 Å². The van der Waals surface area contributed by atoms with E-state index >= 15 is 0 Å². The van der Waals surface area contributed by atoms with Gasteiger partial charge in [-0.05, 0) is 24.3 Å². The summed E-state index contributed by atoms with van der Waals surface area (Å²) in [4.78, 5) is 20.3. The first kappa shape index (κ1) is 12.5. The highest BCUT2D eigenvalue weighted by atomic mass is 16.5. The molecule has 0 amide bonds. The lowest BCUT2D eigenvalue weighted by Gasteiger charge is -1.96. The van der Waals surface area contributed by atoms with Gasteiger partial charge in [-0.15, -0.1) is 0 Å². The van der Waals surface area contributed by atoms with Gasteiger partial charge in [0.05, 0.1) is 5.52 Å². The van der Waals surface area contributed by atoms with E-state index in [1.165, 1.54) is 4.57 Å². The zero-order chi connectivity index (χ0) is 14.9. The fourth-order valence-electron chi connectivity index (χ4n) is 2.22. The molecule has 0 N–H and O–H groups in total. The molecule has 0 bridgehead atoms. The van der Waals surface area contributed by atoms with Crippen molar-refractivity contribution in [1.29, 1.82) is 0 Å². The van der Waals surface area contributed by atoms with Crippen LogP contribution in [-0.4, -0.2) is 19.7 Å². The molecule has 108 valence electrons. The van der Waals surface area contributed by atoms with Crippen LogP contribution in [0.5, 0.6) is 0 Å². The summed E-state index contributed by atoms with van der Waals surface area (Å²) in [6.45, 7) is 0.148. The van der Waals surface area contributed by atoms with Crippen molar-refractivity contribution in [2.75, 3.05) is 0 Å². The summed E-state index contributed by atoms with van der Waals surface area (Å²) in [6, 6.07) is 12.6. The van der Waals surface area contributed by atoms with E-state index in [-0.39, 0.29) is 6.54 Å². The highest BCUT2D eigenvalue weighted by Crippen LogP contribution is 2.15. The Hall–Kier alpha value is -3.22. The van der Waals surface area contributed by atoms with Crippen LogP contribution in [0.3, 0.4) is 0 Å². The van der Waals surface area contributed by atoms with Crippen LogP contribution in [0.15, 0.2) is 62.4 Å². The minimum Gasteiger partial charge on any atom is -0.408 e. The molecule has 0 saturated heterocycles. The third-order valence-corrected chi connectivity index (χ3v) is 3.23. The van der Waals surface area contributed by atoms with Crippen molar-refractivity contribution in [2.45, 2.75) is 6.54 Å². The monoisotopic (exact) mass is 294 g/mol. The Kier molecular flexibility index (Phi) is 2.82. The van der Waals surface area contributed by atoms with Gasteiger partial charge < -0.3 is 8.94 Å². The third-order valence-electron chi connectivity index (χ3n) is 3.23. The molecule has 1 aromatic carbocycles. The molecule has 3 aromatic heterocycles. The molecule has 0 aliphatic heterocycles. The predicted molar refractivity (Wildman–Crippen MR) is 77.1 cm³/mol. The first-order valence-corrected chi connectivity index (χ1v) is 6.63. The van der Waals surface area contributed by atoms with Gasteiger partial charge in [0.15, 0.2) is 5.58 Å². The van der Waals surface area contributed by atoms with Crippen LogP contribution in [0.4, 0.5) is 0 Å². The maximum atomic E-state index is 11.9. The van der Waals surface area contributed by atoms with E-state index in [4.69, 9.17) is 8.94 Å². The van der Waals surface area contributed by atoms with Crippen molar-refractivity contribution in [3.05, 3.63) is 65.1 Å². The molecular weight excluding hydrogens is 284 g/mol. The Morgan fingerprint density at radius 1 is 1.09 bits per heavy atom. The first-order chi connectivity index (χ1) is 10.8. The van der Waals surface area contributed by atoms with Gasteiger partial charge in [0.25, 0.3) is 0 Å². The topological polar surface area (TPSA) is 87.0 Å². The quantitative estimate of drug-likeness (QED) is 0.575. The maximum Gasteiger partial charge on any atom is 0.420 e. The number of para-hydroxylation sites is 2. The van der Waals surface area contributed by atoms with E-state index in [1.54, 1.807) is 24.4 Å². The molecule has 0 unspecified atom stereocenters. The number of nitrogens with zero attached hydrogens (tertiary/aromatic N) is 4. The number of fused-ring (bicyclic) bond motifs is 1. The second-order valence-corrected chi connectivity index (χ2v) is 4.65. The van der Waals surface area contributed by atoms with Crippen LogP contribution >= 0.6 is 0 Å². The number of hydrogen-bond donors (Lipinski definition) is 0. The normalized spacial score (nSPS) is 11.1. The standard InChI is InChI=1S/C15H10N4O3/c20-15-19(11-6-1-2-7-12(11)21-15)9-13-17-14(18-22-13)10-5-3-4-8-16-10/h1-8H,9H2. The Labute approximate surface area is 123 Å². The summed E-state index contributed by atoms with van der Waals surface area (Å²) in [6.07, 6.45) is 1.65. The van der Waals surface area contributed by atoms with Crippen molar-refractivity contribution >= 4 is 11.1 Å². The number of oxazole rings is 1. The minimum absolute atomic E-state index is 0.148. The lowest BCUT2D eigenvalue weighted by Crippen LogP contribution is -2.15. The fourth-order valence-corrected chi connectivity index (χ4v) is 2.22. The van der Waals surface area contributed by atoms with Gasteiger partial charge in [-0.25, -0.2) is 4.79 Å². The minimum atomic E-state index is -0.459. The molecule has 0 aliphatic carbocycles. The van der Waals surface area contributed by atoms with Gasteiger partial charge in [-0.3, -0.25) is 9.55 Å². The zero-order valence-corrected chi connectivity index (χ0v) is 11.3. The summed E-state index contributed by atoms with van der Waals surface area (Å²) < 4.78 is 11.8. The largest absolute Gasteiger partial charge is 0.420 e. The van der Waals surface area contributed by atoms with Crippen LogP contribution in [0, 0.1) is 0 Å². The average molecular weight is 294 g/mol. The van der Waals surface area contributed by atoms with Gasteiger partial charge in [0.2, 0.25) is 11.7 Å². The molecule has 7 heteroatoms. The van der Waals surface area contributed by atoms with Gasteiger partial charge in [0, 0.05) is 6.20 Å². The van der Waals surface area contributed by atoms with E-state index in [9.17, 15) is 4.79 Å². The highest BCUT2D eigenvalue weighted by Gasteiger charge is 2.14. The third kappa shape index (κ3) is 2.08. The summed E-state index contributed by atoms with van der Waals surface area (Å²) in [7, 11) is 0. The van der Waals surface area contributed by atoms with Crippen LogP contribution in [0.25, 0.3) is 22.6 Å². The number of pyridine rings is 1. The maximum absolute atomic E-state index is 11.9. The van der Waals surface area contributed by atoms with Crippen LogP contribution < -0.4 is 5.76 Å². The molecule has 0 radical (unpaired) electrons. The highest BCUT2D eigenvalue weighted by molar-refractivity contribution is 5.72. The summed E-state index contributed by atoms with van der Waals surface area (Å²) in [5, 5.41) is 3.88. The van der Waals surface area contributed by atoms with E-state index in [0.717, 1.165) is 0 Å². The smallest absolute Gasteiger partial charge is 0.408 e. The fraction of sp³-hybridized carbons (Fsp3) is 0.0667. The lowest BCUT2D eigenvalue weighted by atomic mass is 10.3. The summed E-state index contributed by atoms with van der Waals surface area (Å²) in [5.41, 5.74) is 1.82. The molecule has 0 fully saturated rings. The molecule has 4 aromatic rings. The first-order valence-electron chi connectivity index (χ1n) is 6.63. The van der Waals surface area contributed by atoms with E-state index in [2.05, 4.69) is 15.1 Å². The molecule has 0 spiro atoms. The second-order valence-electron chi connectivity index (χ2n) is 4.65. The Morgan fingerprint density at radius 2 is 1.95 bits per heavy atom. The van der Waals surface area contributed by atoms with Crippen molar-refractivity contribution < 1.29 is 8.94 Å². The molecule has 3 heterocycles. The number of rotatable bonds is 3. The van der Waals surface area contributed by atoms with E-state index in [0.29, 0.717) is 28.5 Å². The molecule has 0 aliphatic rings. The predicted octanol–water partition coefficient (Wildman–Crippen LogP) is 2.09. The molecule has 0 atom stereocenters. The molecule has 4 rings (SSSR count). The number of aromatic nitrogens is 4. The Bertz CT molecular complexity index is 985. The molecular formula is C15H10N4O3. The van der Waals surface area contributed by atoms with Crippen LogP contribution in [0.2, 0.25) is 0 Å². The summed E-state index contributed by atoms with van der Waals surface area (Å²) in [5.74, 6) is 0.240. The van der Waals surface area contributed by atoms with Crippen molar-refractivity contribution in [2.24, 2.45) is 0 Å². The SMILES string of the molecule is O=c1oc2ccccc2n1Cc1nc(-c2ccccn2)no1. The number of hydrogen-bond acceptors (Lipinski definition) is 6. The Balaban J connectivity index is 1.71. The Morgan fingerprint density at radius 3 is 2.82 bits per heavy atom.